The normalized spacial score (nSPS) is 10.1. The number of benzene rings is 2. The first-order chi connectivity index (χ1) is 11.4. The second-order valence-corrected chi connectivity index (χ2v) is 6.23. The van der Waals surface area contributed by atoms with E-state index < -0.39 is 0 Å². The smallest absolute Gasteiger partial charge is 0.234 e. The van der Waals surface area contributed by atoms with Crippen molar-refractivity contribution < 1.29 is 14.4 Å². The van der Waals surface area contributed by atoms with Crippen molar-refractivity contribution in [3.05, 3.63) is 54.1 Å². The summed E-state index contributed by atoms with van der Waals surface area (Å²) in [6, 6.07) is 14.1. The summed E-state index contributed by atoms with van der Waals surface area (Å²) in [5.41, 5.74) is 1.96. The molecular formula is C18H18N2O3S. The second kappa shape index (κ2) is 8.31. The molecule has 0 aliphatic heterocycles. The Morgan fingerprint density at radius 1 is 0.917 bits per heavy atom. The molecule has 0 bridgehead atoms. The van der Waals surface area contributed by atoms with Crippen LogP contribution in [-0.4, -0.2) is 23.4 Å². The van der Waals surface area contributed by atoms with E-state index in [4.69, 9.17) is 0 Å². The quantitative estimate of drug-likeness (QED) is 0.621. The lowest BCUT2D eigenvalue weighted by atomic mass is 10.1. The van der Waals surface area contributed by atoms with E-state index in [0.29, 0.717) is 16.9 Å². The lowest BCUT2D eigenvalue weighted by molar-refractivity contribution is -0.114. The molecule has 0 unspecified atom stereocenters. The van der Waals surface area contributed by atoms with Gasteiger partial charge in [0.25, 0.3) is 0 Å². The Bertz CT molecular complexity index is 757. The number of carbonyl (C=O) groups excluding carboxylic acids is 3. The van der Waals surface area contributed by atoms with Crippen LogP contribution >= 0.6 is 11.8 Å². The van der Waals surface area contributed by atoms with E-state index in [0.717, 1.165) is 4.90 Å². The van der Waals surface area contributed by atoms with Crippen LogP contribution < -0.4 is 10.6 Å². The number of amides is 2. The molecule has 2 N–H and O–H groups in total. The average Bonchev–Trinajstić information content (AvgIpc) is 2.53. The van der Waals surface area contributed by atoms with Crippen LogP contribution in [0.25, 0.3) is 0 Å². The highest BCUT2D eigenvalue weighted by Crippen LogP contribution is 2.22. The predicted octanol–water partition coefficient (Wildman–Crippen LogP) is 3.58. The lowest BCUT2D eigenvalue weighted by Gasteiger charge is -2.07. The highest BCUT2D eigenvalue weighted by atomic mass is 32.2. The third-order valence-corrected chi connectivity index (χ3v) is 4.09. The number of carbonyl (C=O) groups is 3. The Morgan fingerprint density at radius 3 is 2.25 bits per heavy atom. The molecule has 6 heteroatoms. The van der Waals surface area contributed by atoms with E-state index in [-0.39, 0.29) is 23.4 Å². The fraction of sp³-hybridized carbons (Fsp3) is 0.167. The zero-order chi connectivity index (χ0) is 17.5. The summed E-state index contributed by atoms with van der Waals surface area (Å²) >= 11 is 1.38. The maximum absolute atomic E-state index is 12.0. The third kappa shape index (κ3) is 5.55. The molecule has 0 aliphatic rings. The standard InChI is InChI=1S/C18H18N2O3S/c1-12(21)14-6-8-15(9-7-14)20-18(23)11-24-17-5-3-4-16(10-17)19-13(2)22/h3-10H,11H2,1-2H3,(H,19,22)(H,20,23). The molecule has 2 aromatic carbocycles. The summed E-state index contributed by atoms with van der Waals surface area (Å²) < 4.78 is 0. The highest BCUT2D eigenvalue weighted by molar-refractivity contribution is 8.00. The van der Waals surface area contributed by atoms with Crippen molar-refractivity contribution in [2.45, 2.75) is 18.7 Å². The van der Waals surface area contributed by atoms with E-state index in [1.807, 2.05) is 18.2 Å². The molecule has 5 nitrogen and oxygen atoms in total. The van der Waals surface area contributed by atoms with Crippen LogP contribution in [0.5, 0.6) is 0 Å². The number of hydrogen-bond donors (Lipinski definition) is 2. The van der Waals surface area contributed by atoms with Crippen molar-refractivity contribution in [3.63, 3.8) is 0 Å². The van der Waals surface area contributed by atoms with E-state index in [2.05, 4.69) is 10.6 Å². The van der Waals surface area contributed by atoms with Crippen LogP contribution in [0, 0.1) is 0 Å². The molecule has 2 aromatic rings. The van der Waals surface area contributed by atoms with Crippen molar-refractivity contribution in [1.29, 1.82) is 0 Å². The Hall–Kier alpha value is -2.60. The third-order valence-electron chi connectivity index (χ3n) is 3.10. The predicted molar refractivity (Wildman–Crippen MR) is 96.5 cm³/mol. The van der Waals surface area contributed by atoms with Gasteiger partial charge in [0.05, 0.1) is 5.75 Å². The summed E-state index contributed by atoms with van der Waals surface area (Å²) in [5, 5.41) is 5.49. The van der Waals surface area contributed by atoms with E-state index >= 15 is 0 Å². The maximum Gasteiger partial charge on any atom is 0.234 e. The Morgan fingerprint density at radius 2 is 1.62 bits per heavy atom. The monoisotopic (exact) mass is 342 g/mol. The Kier molecular flexibility index (Phi) is 6.14. The molecule has 0 saturated heterocycles. The molecule has 0 radical (unpaired) electrons. The Labute approximate surface area is 144 Å². The minimum atomic E-state index is -0.138. The summed E-state index contributed by atoms with van der Waals surface area (Å²) in [4.78, 5) is 35.2. The van der Waals surface area contributed by atoms with Gasteiger partial charge in [0.2, 0.25) is 11.8 Å². The molecule has 0 aromatic heterocycles. The minimum absolute atomic E-state index is 0.0116. The van der Waals surface area contributed by atoms with Crippen molar-refractivity contribution in [2.24, 2.45) is 0 Å². The van der Waals surface area contributed by atoms with Gasteiger partial charge in [0, 0.05) is 28.8 Å². The van der Waals surface area contributed by atoms with Crippen molar-refractivity contribution in [1.82, 2.24) is 0 Å². The van der Waals surface area contributed by atoms with Crippen LogP contribution in [-0.2, 0) is 9.59 Å². The van der Waals surface area contributed by atoms with E-state index in [1.54, 1.807) is 30.3 Å². The van der Waals surface area contributed by atoms with Gasteiger partial charge in [-0.15, -0.1) is 11.8 Å². The molecule has 0 heterocycles. The number of rotatable bonds is 6. The summed E-state index contributed by atoms with van der Waals surface area (Å²) in [5.74, 6) is -0.0373. The largest absolute Gasteiger partial charge is 0.326 e. The van der Waals surface area contributed by atoms with Gasteiger partial charge in [-0.2, -0.15) is 0 Å². The number of thioether (sulfide) groups is 1. The number of anilines is 2. The zero-order valence-electron chi connectivity index (χ0n) is 13.5. The van der Waals surface area contributed by atoms with Crippen LogP contribution in [0.2, 0.25) is 0 Å². The summed E-state index contributed by atoms with van der Waals surface area (Å²) in [6.07, 6.45) is 0. The molecule has 2 rings (SSSR count). The molecule has 2 amide bonds. The number of ketones is 1. The van der Waals surface area contributed by atoms with Gasteiger partial charge in [-0.1, -0.05) is 6.07 Å². The first kappa shape index (κ1) is 17.7. The molecule has 24 heavy (non-hydrogen) atoms. The SMILES string of the molecule is CC(=O)Nc1cccc(SCC(=O)Nc2ccc(C(C)=O)cc2)c1. The van der Waals surface area contributed by atoms with Crippen molar-refractivity contribution in [3.8, 4) is 0 Å². The highest BCUT2D eigenvalue weighted by Gasteiger charge is 2.06. The Balaban J connectivity index is 1.89. The van der Waals surface area contributed by atoms with Crippen LogP contribution in [0.15, 0.2) is 53.4 Å². The van der Waals surface area contributed by atoms with Gasteiger partial charge in [-0.3, -0.25) is 14.4 Å². The molecule has 0 fully saturated rings. The fourth-order valence-electron chi connectivity index (χ4n) is 2.00. The van der Waals surface area contributed by atoms with Gasteiger partial charge in [-0.05, 0) is 49.4 Å². The van der Waals surface area contributed by atoms with Crippen LogP contribution in [0.4, 0.5) is 11.4 Å². The van der Waals surface area contributed by atoms with Crippen molar-refractivity contribution in [2.75, 3.05) is 16.4 Å². The summed E-state index contributed by atoms with van der Waals surface area (Å²) in [6.45, 7) is 2.95. The van der Waals surface area contributed by atoms with Crippen LogP contribution in [0.1, 0.15) is 24.2 Å². The summed E-state index contributed by atoms with van der Waals surface area (Å²) in [7, 11) is 0. The van der Waals surface area contributed by atoms with Crippen molar-refractivity contribution >= 4 is 40.7 Å². The topological polar surface area (TPSA) is 75.3 Å². The number of nitrogens with one attached hydrogen (secondary N) is 2. The molecule has 0 saturated carbocycles. The van der Waals surface area contributed by atoms with Gasteiger partial charge < -0.3 is 10.6 Å². The second-order valence-electron chi connectivity index (χ2n) is 5.18. The molecule has 0 aliphatic carbocycles. The number of Topliss-reactive ketones (excluding diaryl/α,β-unsaturated/α-hetero) is 1. The van der Waals surface area contributed by atoms with E-state index in [1.165, 1.54) is 25.6 Å². The molecule has 0 atom stereocenters. The maximum atomic E-state index is 12.0. The van der Waals surface area contributed by atoms with Crippen LogP contribution in [0.3, 0.4) is 0 Å². The number of hydrogen-bond acceptors (Lipinski definition) is 4. The fourth-order valence-corrected chi connectivity index (χ4v) is 2.76. The van der Waals surface area contributed by atoms with Gasteiger partial charge in [0.15, 0.2) is 5.78 Å². The minimum Gasteiger partial charge on any atom is -0.326 e. The molecular weight excluding hydrogens is 324 g/mol. The van der Waals surface area contributed by atoms with Gasteiger partial charge in [0.1, 0.15) is 0 Å². The first-order valence-corrected chi connectivity index (χ1v) is 8.34. The average molecular weight is 342 g/mol. The molecule has 124 valence electrons. The molecule has 0 spiro atoms. The van der Waals surface area contributed by atoms with Gasteiger partial charge in [-0.25, -0.2) is 0 Å². The first-order valence-electron chi connectivity index (χ1n) is 7.35. The zero-order valence-corrected chi connectivity index (χ0v) is 14.3. The lowest BCUT2D eigenvalue weighted by Crippen LogP contribution is -2.14. The van der Waals surface area contributed by atoms with Gasteiger partial charge >= 0.3 is 0 Å². The van der Waals surface area contributed by atoms with E-state index in [9.17, 15) is 14.4 Å².